The number of phenolic OH excluding ortho intramolecular Hbond substituents is 1. The van der Waals surface area contributed by atoms with Gasteiger partial charge in [-0.1, -0.05) is 12.1 Å². The van der Waals surface area contributed by atoms with Gasteiger partial charge in [0.05, 0.1) is 12.7 Å². The minimum absolute atomic E-state index is 0.284. The van der Waals surface area contributed by atoms with Crippen molar-refractivity contribution in [3.05, 3.63) is 47.7 Å². The van der Waals surface area contributed by atoms with Crippen LogP contribution in [0.1, 0.15) is 17.2 Å². The second-order valence-corrected chi connectivity index (χ2v) is 3.63. The molecule has 4 nitrogen and oxygen atoms in total. The van der Waals surface area contributed by atoms with Gasteiger partial charge in [0.2, 0.25) is 5.89 Å². The SMILES string of the molecule is Cc1cnc(CNCc2ccc(O)cc2)o1. The molecule has 84 valence electrons. The topological polar surface area (TPSA) is 58.3 Å². The van der Waals surface area contributed by atoms with Gasteiger partial charge >= 0.3 is 0 Å². The number of hydrogen-bond acceptors (Lipinski definition) is 4. The van der Waals surface area contributed by atoms with Crippen LogP contribution in [-0.4, -0.2) is 10.1 Å². The summed E-state index contributed by atoms with van der Waals surface area (Å²) in [6.07, 6.45) is 1.71. The fraction of sp³-hybridized carbons (Fsp3) is 0.250. The number of oxazole rings is 1. The zero-order chi connectivity index (χ0) is 11.4. The summed E-state index contributed by atoms with van der Waals surface area (Å²) in [7, 11) is 0. The van der Waals surface area contributed by atoms with Crippen molar-refractivity contribution >= 4 is 0 Å². The lowest BCUT2D eigenvalue weighted by molar-refractivity contribution is 0.448. The van der Waals surface area contributed by atoms with E-state index in [1.54, 1.807) is 18.3 Å². The Morgan fingerprint density at radius 2 is 2.00 bits per heavy atom. The molecule has 2 N–H and O–H groups in total. The molecular weight excluding hydrogens is 204 g/mol. The smallest absolute Gasteiger partial charge is 0.208 e. The van der Waals surface area contributed by atoms with Crippen molar-refractivity contribution in [3.8, 4) is 5.75 Å². The first-order valence-corrected chi connectivity index (χ1v) is 5.14. The predicted molar refractivity (Wildman–Crippen MR) is 59.9 cm³/mol. The third-order valence-corrected chi connectivity index (χ3v) is 2.21. The average Bonchev–Trinajstić information content (AvgIpc) is 2.67. The fourth-order valence-electron chi connectivity index (χ4n) is 1.41. The zero-order valence-corrected chi connectivity index (χ0v) is 9.10. The number of aromatic nitrogens is 1. The first kappa shape index (κ1) is 10.7. The molecule has 1 aromatic carbocycles. The molecule has 2 aromatic rings. The Labute approximate surface area is 93.9 Å². The van der Waals surface area contributed by atoms with E-state index < -0.39 is 0 Å². The summed E-state index contributed by atoms with van der Waals surface area (Å²) in [5.74, 6) is 1.80. The summed E-state index contributed by atoms with van der Waals surface area (Å²) in [4.78, 5) is 4.09. The molecule has 2 rings (SSSR count). The van der Waals surface area contributed by atoms with Crippen LogP contribution < -0.4 is 5.32 Å². The standard InChI is InChI=1S/C12H14N2O2/c1-9-6-14-12(16-9)8-13-7-10-2-4-11(15)5-3-10/h2-6,13,15H,7-8H2,1H3. The molecule has 0 aliphatic carbocycles. The maximum Gasteiger partial charge on any atom is 0.208 e. The lowest BCUT2D eigenvalue weighted by Gasteiger charge is -2.02. The van der Waals surface area contributed by atoms with Gasteiger partial charge < -0.3 is 14.8 Å². The average molecular weight is 218 g/mol. The molecule has 0 amide bonds. The number of hydrogen-bond donors (Lipinski definition) is 2. The maximum atomic E-state index is 9.12. The molecule has 1 aromatic heterocycles. The highest BCUT2D eigenvalue weighted by Gasteiger charge is 1.99. The van der Waals surface area contributed by atoms with E-state index in [0.29, 0.717) is 12.4 Å². The Bertz CT molecular complexity index is 448. The molecule has 0 aliphatic heterocycles. The molecule has 0 atom stereocenters. The normalized spacial score (nSPS) is 10.6. The van der Waals surface area contributed by atoms with Crippen LogP contribution in [0.3, 0.4) is 0 Å². The van der Waals surface area contributed by atoms with Crippen LogP contribution in [0, 0.1) is 6.92 Å². The Kier molecular flexibility index (Phi) is 3.22. The van der Waals surface area contributed by atoms with Crippen molar-refractivity contribution in [2.75, 3.05) is 0 Å². The molecule has 0 saturated carbocycles. The van der Waals surface area contributed by atoms with E-state index in [2.05, 4.69) is 10.3 Å². The minimum Gasteiger partial charge on any atom is -0.508 e. The quantitative estimate of drug-likeness (QED) is 0.823. The third-order valence-electron chi connectivity index (χ3n) is 2.21. The lowest BCUT2D eigenvalue weighted by atomic mass is 10.2. The van der Waals surface area contributed by atoms with E-state index in [9.17, 15) is 0 Å². The largest absolute Gasteiger partial charge is 0.508 e. The van der Waals surface area contributed by atoms with E-state index in [4.69, 9.17) is 9.52 Å². The van der Waals surface area contributed by atoms with Gasteiger partial charge in [0.1, 0.15) is 11.5 Å². The van der Waals surface area contributed by atoms with Gasteiger partial charge in [0.25, 0.3) is 0 Å². The van der Waals surface area contributed by atoms with E-state index in [1.165, 1.54) is 0 Å². The van der Waals surface area contributed by atoms with Gasteiger partial charge in [-0.3, -0.25) is 0 Å². The number of nitrogens with zero attached hydrogens (tertiary/aromatic N) is 1. The molecule has 0 radical (unpaired) electrons. The van der Waals surface area contributed by atoms with Gasteiger partial charge in [0, 0.05) is 6.54 Å². The van der Waals surface area contributed by atoms with Gasteiger partial charge in [0.15, 0.2) is 0 Å². The fourth-order valence-corrected chi connectivity index (χ4v) is 1.41. The highest BCUT2D eigenvalue weighted by molar-refractivity contribution is 5.25. The van der Waals surface area contributed by atoms with E-state index in [1.807, 2.05) is 19.1 Å². The molecule has 0 bridgehead atoms. The highest BCUT2D eigenvalue weighted by atomic mass is 16.4. The molecule has 0 saturated heterocycles. The first-order chi connectivity index (χ1) is 7.74. The Hall–Kier alpha value is -1.81. The van der Waals surface area contributed by atoms with Gasteiger partial charge in [-0.25, -0.2) is 4.98 Å². The molecule has 4 heteroatoms. The molecular formula is C12H14N2O2. The molecule has 16 heavy (non-hydrogen) atoms. The van der Waals surface area contributed by atoms with Crippen LogP contribution in [0.5, 0.6) is 5.75 Å². The Balaban J connectivity index is 1.82. The van der Waals surface area contributed by atoms with Crippen LogP contribution in [-0.2, 0) is 13.1 Å². The summed E-state index contributed by atoms with van der Waals surface area (Å²) in [6.45, 7) is 3.20. The summed E-state index contributed by atoms with van der Waals surface area (Å²) >= 11 is 0. The second kappa shape index (κ2) is 4.81. The maximum absolute atomic E-state index is 9.12. The van der Waals surface area contributed by atoms with Gasteiger partial charge in [-0.2, -0.15) is 0 Å². The summed E-state index contributed by atoms with van der Waals surface area (Å²) in [5.41, 5.74) is 1.11. The van der Waals surface area contributed by atoms with E-state index >= 15 is 0 Å². The van der Waals surface area contributed by atoms with Crippen LogP contribution in [0.25, 0.3) is 0 Å². The summed E-state index contributed by atoms with van der Waals surface area (Å²) in [6, 6.07) is 7.10. The van der Waals surface area contributed by atoms with Crippen molar-refractivity contribution in [3.63, 3.8) is 0 Å². The van der Waals surface area contributed by atoms with Crippen LogP contribution in [0.4, 0.5) is 0 Å². The van der Waals surface area contributed by atoms with Crippen LogP contribution in [0.2, 0.25) is 0 Å². The summed E-state index contributed by atoms with van der Waals surface area (Å²) in [5, 5.41) is 12.3. The number of nitrogens with one attached hydrogen (secondary N) is 1. The molecule has 1 heterocycles. The van der Waals surface area contributed by atoms with E-state index in [0.717, 1.165) is 17.9 Å². The monoisotopic (exact) mass is 218 g/mol. The molecule has 0 spiro atoms. The van der Waals surface area contributed by atoms with Crippen molar-refractivity contribution in [2.45, 2.75) is 20.0 Å². The third kappa shape index (κ3) is 2.84. The lowest BCUT2D eigenvalue weighted by Crippen LogP contribution is -2.12. The predicted octanol–water partition coefficient (Wildman–Crippen LogP) is 1.98. The number of aryl methyl sites for hydroxylation is 1. The number of benzene rings is 1. The minimum atomic E-state index is 0.284. The summed E-state index contributed by atoms with van der Waals surface area (Å²) < 4.78 is 5.33. The highest BCUT2D eigenvalue weighted by Crippen LogP contribution is 2.09. The second-order valence-electron chi connectivity index (χ2n) is 3.63. The van der Waals surface area contributed by atoms with Crippen molar-refractivity contribution in [1.29, 1.82) is 0 Å². The first-order valence-electron chi connectivity index (χ1n) is 5.14. The van der Waals surface area contributed by atoms with Crippen molar-refractivity contribution < 1.29 is 9.52 Å². The zero-order valence-electron chi connectivity index (χ0n) is 9.10. The van der Waals surface area contributed by atoms with Gasteiger partial charge in [-0.15, -0.1) is 0 Å². The van der Waals surface area contributed by atoms with E-state index in [-0.39, 0.29) is 5.75 Å². The number of phenols is 1. The van der Waals surface area contributed by atoms with Crippen LogP contribution >= 0.6 is 0 Å². The number of rotatable bonds is 4. The Morgan fingerprint density at radius 3 is 2.62 bits per heavy atom. The van der Waals surface area contributed by atoms with Crippen molar-refractivity contribution in [1.82, 2.24) is 10.3 Å². The Morgan fingerprint density at radius 1 is 1.25 bits per heavy atom. The molecule has 0 unspecified atom stereocenters. The van der Waals surface area contributed by atoms with Crippen LogP contribution in [0.15, 0.2) is 34.9 Å². The van der Waals surface area contributed by atoms with Gasteiger partial charge in [-0.05, 0) is 24.6 Å². The number of aromatic hydroxyl groups is 1. The molecule has 0 aliphatic rings. The molecule has 0 fully saturated rings. The van der Waals surface area contributed by atoms with Crippen molar-refractivity contribution in [2.24, 2.45) is 0 Å².